The van der Waals surface area contributed by atoms with Crippen molar-refractivity contribution in [1.82, 2.24) is 10.6 Å². The van der Waals surface area contributed by atoms with Crippen LogP contribution in [0.25, 0.3) is 0 Å². The molecule has 0 fully saturated rings. The molecule has 2 N–H and O–H groups in total. The summed E-state index contributed by atoms with van der Waals surface area (Å²) in [4.78, 5) is 24.2. The van der Waals surface area contributed by atoms with Gasteiger partial charge in [0.1, 0.15) is 34.8 Å². The molecule has 0 aliphatic heterocycles. The number of hydrogen-bond donors (Lipinski definition) is 2. The number of benzene rings is 4. The van der Waals surface area contributed by atoms with E-state index in [2.05, 4.69) is 10.6 Å². The molecule has 0 unspecified atom stereocenters. The van der Waals surface area contributed by atoms with Gasteiger partial charge in [-0.25, -0.2) is 17.6 Å². The quantitative estimate of drug-likeness (QED) is 0.219. The number of amides is 2. The minimum absolute atomic E-state index is 0.127. The maximum atomic E-state index is 13.7. The lowest BCUT2D eigenvalue weighted by atomic mass is 10.1. The van der Waals surface area contributed by atoms with E-state index in [1.807, 2.05) is 0 Å². The van der Waals surface area contributed by atoms with Gasteiger partial charge in [0.2, 0.25) is 0 Å². The molecule has 0 aromatic heterocycles. The molecule has 197 valence electrons. The van der Waals surface area contributed by atoms with Gasteiger partial charge in [-0.3, -0.25) is 9.59 Å². The van der Waals surface area contributed by atoms with Gasteiger partial charge >= 0.3 is 7.69 Å². The Morgan fingerprint density at radius 1 is 0.590 bits per heavy atom. The topological polar surface area (TPSA) is 76.7 Å². The van der Waals surface area contributed by atoms with Crippen molar-refractivity contribution in [1.29, 1.82) is 0 Å². The maximum Gasteiger partial charge on any atom is 0.658 e. The van der Waals surface area contributed by atoms with Crippen LogP contribution in [-0.2, 0) is 13.1 Å². The molecule has 4 rings (SSSR count). The average Bonchev–Trinajstić information content (AvgIpc) is 2.92. The van der Waals surface area contributed by atoms with Crippen LogP contribution in [0.15, 0.2) is 84.9 Å². The van der Waals surface area contributed by atoms with Gasteiger partial charge < -0.3 is 19.9 Å². The van der Waals surface area contributed by atoms with Crippen molar-refractivity contribution in [3.05, 3.63) is 130 Å². The van der Waals surface area contributed by atoms with Crippen molar-refractivity contribution in [2.24, 2.45) is 0 Å². The molecule has 0 atom stereocenters. The molecule has 6 nitrogen and oxygen atoms in total. The summed E-state index contributed by atoms with van der Waals surface area (Å²) in [5.41, 5.74) is 0.954. The molecule has 0 saturated heterocycles. The lowest BCUT2D eigenvalue weighted by Crippen LogP contribution is -2.24. The van der Waals surface area contributed by atoms with E-state index in [0.717, 1.165) is 43.1 Å². The third kappa shape index (κ3) is 7.60. The zero-order valence-electron chi connectivity index (χ0n) is 20.2. The lowest BCUT2D eigenvalue weighted by molar-refractivity contribution is 0.0938. The molecule has 0 aliphatic carbocycles. The second-order valence-corrected chi connectivity index (χ2v) is 8.23. The molecule has 4 aromatic carbocycles. The van der Waals surface area contributed by atoms with Gasteiger partial charge in [-0.2, -0.15) is 0 Å². The van der Waals surface area contributed by atoms with E-state index in [1.165, 1.54) is 0 Å². The molecule has 0 heterocycles. The van der Waals surface area contributed by atoms with Crippen LogP contribution in [0.3, 0.4) is 0 Å². The summed E-state index contributed by atoms with van der Waals surface area (Å²) in [6, 6.07) is 18.9. The Kier molecular flexibility index (Phi) is 8.83. The summed E-state index contributed by atoms with van der Waals surface area (Å²) in [5.74, 6) is -3.81. The first-order valence-corrected chi connectivity index (χ1v) is 11.6. The van der Waals surface area contributed by atoms with Crippen molar-refractivity contribution in [2.75, 3.05) is 0 Å². The first-order chi connectivity index (χ1) is 18.8. The molecule has 39 heavy (non-hydrogen) atoms. The minimum atomic E-state index is -0.938. The molecular formula is C28H20BF4N2O4. The first-order valence-electron chi connectivity index (χ1n) is 11.6. The number of carbonyl (C=O) groups is 2. The van der Waals surface area contributed by atoms with Crippen LogP contribution in [0, 0.1) is 23.3 Å². The second kappa shape index (κ2) is 12.6. The van der Waals surface area contributed by atoms with Gasteiger partial charge in [-0.1, -0.05) is 24.3 Å². The van der Waals surface area contributed by atoms with E-state index in [1.54, 1.807) is 48.5 Å². The Hall–Kier alpha value is -4.80. The largest absolute Gasteiger partial charge is 0.658 e. The highest BCUT2D eigenvalue weighted by atomic mass is 19.1. The Labute approximate surface area is 221 Å². The van der Waals surface area contributed by atoms with Gasteiger partial charge in [0, 0.05) is 25.2 Å². The van der Waals surface area contributed by atoms with Crippen LogP contribution in [-0.4, -0.2) is 19.5 Å². The zero-order valence-corrected chi connectivity index (χ0v) is 20.2. The van der Waals surface area contributed by atoms with Crippen molar-refractivity contribution in [3.8, 4) is 11.5 Å². The van der Waals surface area contributed by atoms with E-state index in [4.69, 9.17) is 9.31 Å². The van der Waals surface area contributed by atoms with Crippen molar-refractivity contribution in [3.63, 3.8) is 0 Å². The molecule has 0 spiro atoms. The summed E-state index contributed by atoms with van der Waals surface area (Å²) < 4.78 is 64.3. The fourth-order valence-corrected chi connectivity index (χ4v) is 3.41. The number of rotatable bonds is 10. The van der Waals surface area contributed by atoms with Crippen LogP contribution in [0.5, 0.6) is 11.5 Å². The summed E-state index contributed by atoms with van der Waals surface area (Å²) >= 11 is 0. The SMILES string of the molecule is O=C(NCc1ccc(O[B]Oc2ccc(CNC(=O)c3ccc(F)cc3F)cc2)cc1)c1ccc(F)cc1F. The van der Waals surface area contributed by atoms with Gasteiger partial charge in [-0.15, -0.1) is 0 Å². The zero-order chi connectivity index (χ0) is 27.8. The summed E-state index contributed by atoms with van der Waals surface area (Å²) in [6.07, 6.45) is 0. The molecule has 0 aliphatic rings. The number of halogens is 4. The van der Waals surface area contributed by atoms with E-state index in [0.29, 0.717) is 23.6 Å². The molecule has 11 heteroatoms. The predicted molar refractivity (Wildman–Crippen MR) is 135 cm³/mol. The second-order valence-electron chi connectivity index (χ2n) is 8.23. The normalized spacial score (nSPS) is 10.5. The first kappa shape index (κ1) is 27.2. The average molecular weight is 535 g/mol. The highest BCUT2D eigenvalue weighted by Crippen LogP contribution is 2.16. The molecule has 2 amide bonds. The van der Waals surface area contributed by atoms with Gasteiger partial charge in [0.05, 0.1) is 11.1 Å². The van der Waals surface area contributed by atoms with Crippen LogP contribution in [0.2, 0.25) is 0 Å². The molecule has 1 radical (unpaired) electrons. The van der Waals surface area contributed by atoms with E-state index >= 15 is 0 Å². The van der Waals surface area contributed by atoms with Crippen molar-refractivity contribution < 1.29 is 36.5 Å². The summed E-state index contributed by atoms with van der Waals surface area (Å²) in [6.45, 7) is 0.254. The van der Waals surface area contributed by atoms with Crippen molar-refractivity contribution >= 4 is 19.5 Å². The summed E-state index contributed by atoms with van der Waals surface area (Å²) in [7, 11) is 1.13. The fraction of sp³-hybridized carbons (Fsp3) is 0.0714. The van der Waals surface area contributed by atoms with Gasteiger partial charge in [-0.05, 0) is 59.7 Å². The van der Waals surface area contributed by atoms with E-state index < -0.39 is 35.1 Å². The number of carbonyl (C=O) groups excluding carboxylic acids is 2. The molecule has 0 saturated carbocycles. The third-order valence-electron chi connectivity index (χ3n) is 5.47. The molecular weight excluding hydrogens is 515 g/mol. The van der Waals surface area contributed by atoms with Gasteiger partial charge in [0.25, 0.3) is 11.8 Å². The number of nitrogens with one attached hydrogen (secondary N) is 2. The Morgan fingerprint density at radius 2 is 0.974 bits per heavy atom. The predicted octanol–water partition coefficient (Wildman–Crippen LogP) is 5.10. The maximum absolute atomic E-state index is 13.7. The monoisotopic (exact) mass is 535 g/mol. The van der Waals surface area contributed by atoms with Crippen LogP contribution >= 0.6 is 0 Å². The van der Waals surface area contributed by atoms with Gasteiger partial charge in [0.15, 0.2) is 0 Å². The standard InChI is InChI=1S/C28H20BF4N2O4/c30-19-5-11-23(25(32)13-19)27(36)34-15-17-1-7-21(8-2-17)38-29-39-22-9-3-18(4-10-22)16-35-28(37)24-12-6-20(31)14-26(24)33/h1-14H,15-16H2,(H,34,36)(H,35,37). The third-order valence-corrected chi connectivity index (χ3v) is 5.47. The Balaban J connectivity index is 1.19. The van der Waals surface area contributed by atoms with E-state index in [9.17, 15) is 27.2 Å². The molecule has 4 aromatic rings. The Morgan fingerprint density at radius 3 is 1.33 bits per heavy atom. The lowest BCUT2D eigenvalue weighted by Gasteiger charge is -2.10. The smallest absolute Gasteiger partial charge is 0.526 e. The highest BCUT2D eigenvalue weighted by molar-refractivity contribution is 6.20. The highest BCUT2D eigenvalue weighted by Gasteiger charge is 2.13. The van der Waals surface area contributed by atoms with E-state index in [-0.39, 0.29) is 24.2 Å². The van der Waals surface area contributed by atoms with Crippen LogP contribution in [0.4, 0.5) is 17.6 Å². The van der Waals surface area contributed by atoms with Crippen LogP contribution < -0.4 is 19.9 Å². The fourth-order valence-electron chi connectivity index (χ4n) is 3.41. The number of hydrogen-bond acceptors (Lipinski definition) is 4. The Bertz CT molecular complexity index is 1360. The molecule has 0 bridgehead atoms. The minimum Gasteiger partial charge on any atom is -0.526 e. The summed E-state index contributed by atoms with van der Waals surface area (Å²) in [5, 5.41) is 5.13. The van der Waals surface area contributed by atoms with Crippen molar-refractivity contribution in [2.45, 2.75) is 13.1 Å². The van der Waals surface area contributed by atoms with Crippen LogP contribution in [0.1, 0.15) is 31.8 Å².